The number of nitrogens with zero attached hydrogens (tertiary/aromatic N) is 2. The third-order valence-corrected chi connectivity index (χ3v) is 4.66. The molecule has 3 nitrogen and oxygen atoms in total. The molecule has 1 aromatic heterocycles. The van der Waals surface area contributed by atoms with Crippen molar-refractivity contribution in [1.82, 2.24) is 9.55 Å². The van der Waals surface area contributed by atoms with Crippen LogP contribution in [0.25, 0.3) is 27.4 Å². The normalized spacial score (nSPS) is 11.2. The lowest BCUT2D eigenvalue weighted by molar-refractivity contribution is 0.896. The van der Waals surface area contributed by atoms with Crippen molar-refractivity contribution in [3.8, 4) is 5.69 Å². The first-order valence-electron chi connectivity index (χ1n) is 7.31. The average molecular weight is 412 g/mol. The van der Waals surface area contributed by atoms with E-state index >= 15 is 0 Å². The molecule has 0 spiro atoms. The number of hydrogen-bond donors (Lipinski definition) is 0. The highest BCUT2D eigenvalue weighted by molar-refractivity contribution is 14.1. The lowest BCUT2D eigenvalue weighted by Crippen LogP contribution is -2.22. The summed E-state index contributed by atoms with van der Waals surface area (Å²) in [6, 6.07) is 19.9. The summed E-state index contributed by atoms with van der Waals surface area (Å²) in [4.78, 5) is 17.6. The van der Waals surface area contributed by atoms with Crippen LogP contribution in [-0.4, -0.2) is 9.55 Å². The maximum Gasteiger partial charge on any atom is 0.265 e. The molecule has 0 atom stereocenters. The molecular formula is C19H13IN2O. The van der Waals surface area contributed by atoms with E-state index in [0.29, 0.717) is 11.2 Å². The Morgan fingerprint density at radius 3 is 2.57 bits per heavy atom. The van der Waals surface area contributed by atoms with E-state index < -0.39 is 0 Å². The number of aryl methyl sites for hydroxylation is 1. The molecule has 0 unspecified atom stereocenters. The van der Waals surface area contributed by atoms with Gasteiger partial charge in [0.15, 0.2) is 0 Å². The number of fused-ring (bicyclic) bond motifs is 2. The summed E-state index contributed by atoms with van der Waals surface area (Å²) in [6.45, 7) is 1.87. The minimum atomic E-state index is -0.0266. The van der Waals surface area contributed by atoms with Gasteiger partial charge in [0.25, 0.3) is 5.56 Å². The molecule has 0 radical (unpaired) electrons. The monoisotopic (exact) mass is 412 g/mol. The summed E-state index contributed by atoms with van der Waals surface area (Å²) in [7, 11) is 0. The third kappa shape index (κ3) is 2.43. The molecule has 0 bridgehead atoms. The first kappa shape index (κ1) is 14.4. The van der Waals surface area contributed by atoms with Crippen molar-refractivity contribution in [2.75, 3.05) is 0 Å². The highest BCUT2D eigenvalue weighted by Gasteiger charge is 2.10. The van der Waals surface area contributed by atoms with Crippen molar-refractivity contribution in [3.05, 3.63) is 80.4 Å². The highest BCUT2D eigenvalue weighted by atomic mass is 127. The second kappa shape index (κ2) is 5.45. The quantitative estimate of drug-likeness (QED) is 0.433. The van der Waals surface area contributed by atoms with E-state index in [1.807, 2.05) is 55.5 Å². The summed E-state index contributed by atoms with van der Waals surface area (Å²) in [5.41, 5.74) is 1.56. The first-order chi connectivity index (χ1) is 11.1. The molecule has 0 aliphatic carbocycles. The summed E-state index contributed by atoms with van der Waals surface area (Å²) in [5.74, 6) is 0.694. The third-order valence-electron chi connectivity index (χ3n) is 3.99. The van der Waals surface area contributed by atoms with Crippen LogP contribution in [0.15, 0.2) is 65.5 Å². The van der Waals surface area contributed by atoms with Crippen molar-refractivity contribution < 1.29 is 0 Å². The predicted octanol–water partition coefficient (Wildman–Crippen LogP) is 4.45. The Kier molecular flexibility index (Phi) is 3.41. The molecule has 0 N–H and O–H groups in total. The molecule has 23 heavy (non-hydrogen) atoms. The van der Waals surface area contributed by atoms with Gasteiger partial charge >= 0.3 is 0 Å². The molecule has 3 aromatic carbocycles. The summed E-state index contributed by atoms with van der Waals surface area (Å²) in [5, 5.41) is 2.92. The van der Waals surface area contributed by atoms with Crippen LogP contribution in [0.1, 0.15) is 5.82 Å². The smallest absolute Gasteiger partial charge is 0.265 e. The second-order valence-corrected chi connectivity index (χ2v) is 6.74. The van der Waals surface area contributed by atoms with Gasteiger partial charge in [-0.1, -0.05) is 30.3 Å². The van der Waals surface area contributed by atoms with Crippen LogP contribution in [-0.2, 0) is 0 Å². The van der Waals surface area contributed by atoms with E-state index in [1.54, 1.807) is 4.57 Å². The molecule has 0 amide bonds. The standard InChI is InChI=1S/C19H13IN2O/c1-12-21-18-9-7-15(20)11-17(18)19(23)22(12)16-8-6-13-4-2-3-5-14(13)10-16/h2-11H,1H3. The van der Waals surface area contributed by atoms with Crippen LogP contribution in [0.2, 0.25) is 0 Å². The summed E-state index contributed by atoms with van der Waals surface area (Å²) < 4.78 is 2.72. The number of benzene rings is 3. The molecule has 4 rings (SSSR count). The molecule has 1 heterocycles. The van der Waals surface area contributed by atoms with Crippen LogP contribution >= 0.6 is 22.6 Å². The van der Waals surface area contributed by atoms with Crippen LogP contribution in [0, 0.1) is 10.5 Å². The van der Waals surface area contributed by atoms with E-state index in [9.17, 15) is 4.79 Å². The zero-order valence-electron chi connectivity index (χ0n) is 12.5. The van der Waals surface area contributed by atoms with Gasteiger partial charge in [0, 0.05) is 3.57 Å². The molecule has 0 aliphatic rings. The number of halogens is 1. The molecule has 4 aromatic rings. The topological polar surface area (TPSA) is 34.9 Å². The SMILES string of the molecule is Cc1nc2ccc(I)cc2c(=O)n1-c1ccc2ccccc2c1. The average Bonchev–Trinajstić information content (AvgIpc) is 2.56. The van der Waals surface area contributed by atoms with Gasteiger partial charge in [-0.3, -0.25) is 9.36 Å². The van der Waals surface area contributed by atoms with Crippen LogP contribution in [0.3, 0.4) is 0 Å². The molecule has 4 heteroatoms. The van der Waals surface area contributed by atoms with Crippen molar-refractivity contribution in [1.29, 1.82) is 0 Å². The van der Waals surface area contributed by atoms with Gasteiger partial charge in [-0.25, -0.2) is 4.98 Å². The zero-order chi connectivity index (χ0) is 16.0. The number of hydrogen-bond acceptors (Lipinski definition) is 2. The van der Waals surface area contributed by atoms with Gasteiger partial charge in [0.2, 0.25) is 0 Å². The van der Waals surface area contributed by atoms with Crippen molar-refractivity contribution in [2.24, 2.45) is 0 Å². The first-order valence-corrected chi connectivity index (χ1v) is 8.39. The predicted molar refractivity (Wildman–Crippen MR) is 102 cm³/mol. The van der Waals surface area contributed by atoms with Crippen LogP contribution < -0.4 is 5.56 Å². The van der Waals surface area contributed by atoms with E-state index in [0.717, 1.165) is 25.5 Å². The van der Waals surface area contributed by atoms with E-state index in [1.165, 1.54) is 0 Å². The fraction of sp³-hybridized carbons (Fsp3) is 0.0526. The minimum absolute atomic E-state index is 0.0266. The van der Waals surface area contributed by atoms with E-state index in [4.69, 9.17) is 0 Å². The van der Waals surface area contributed by atoms with Gasteiger partial charge in [0.1, 0.15) is 5.82 Å². The summed E-state index contributed by atoms with van der Waals surface area (Å²) in [6.07, 6.45) is 0. The van der Waals surface area contributed by atoms with Gasteiger partial charge < -0.3 is 0 Å². The Morgan fingerprint density at radius 2 is 1.74 bits per heavy atom. The lowest BCUT2D eigenvalue weighted by atomic mass is 10.1. The Labute approximate surface area is 146 Å². The largest absolute Gasteiger partial charge is 0.268 e. The summed E-state index contributed by atoms with van der Waals surface area (Å²) >= 11 is 2.22. The maximum atomic E-state index is 13.0. The van der Waals surface area contributed by atoms with Crippen molar-refractivity contribution >= 4 is 44.3 Å². The Balaban J connectivity index is 2.05. The van der Waals surface area contributed by atoms with Crippen molar-refractivity contribution in [2.45, 2.75) is 6.92 Å². The molecule has 0 saturated heterocycles. The fourth-order valence-electron chi connectivity index (χ4n) is 2.89. The maximum absolute atomic E-state index is 13.0. The minimum Gasteiger partial charge on any atom is -0.268 e. The van der Waals surface area contributed by atoms with Crippen molar-refractivity contribution in [3.63, 3.8) is 0 Å². The molecule has 0 aliphatic heterocycles. The molecule has 0 saturated carbocycles. The van der Waals surface area contributed by atoms with E-state index in [-0.39, 0.29) is 5.56 Å². The number of aromatic nitrogens is 2. The Morgan fingerprint density at radius 1 is 0.957 bits per heavy atom. The van der Waals surface area contributed by atoms with Gasteiger partial charge in [-0.15, -0.1) is 0 Å². The Bertz CT molecular complexity index is 1120. The van der Waals surface area contributed by atoms with Crippen LogP contribution in [0.4, 0.5) is 0 Å². The fourth-order valence-corrected chi connectivity index (χ4v) is 3.38. The molecule has 0 fully saturated rings. The zero-order valence-corrected chi connectivity index (χ0v) is 14.6. The van der Waals surface area contributed by atoms with E-state index in [2.05, 4.69) is 39.7 Å². The van der Waals surface area contributed by atoms with Gasteiger partial charge in [0.05, 0.1) is 16.6 Å². The van der Waals surface area contributed by atoms with Gasteiger partial charge in [-0.05, 0) is 70.6 Å². The Hall–Kier alpha value is -2.21. The highest BCUT2D eigenvalue weighted by Crippen LogP contribution is 2.20. The second-order valence-electron chi connectivity index (χ2n) is 5.49. The van der Waals surface area contributed by atoms with Crippen LogP contribution in [0.5, 0.6) is 0 Å². The molecule has 112 valence electrons. The number of rotatable bonds is 1. The molecular weight excluding hydrogens is 399 g/mol. The lowest BCUT2D eigenvalue weighted by Gasteiger charge is -2.12. The van der Waals surface area contributed by atoms with Gasteiger partial charge in [-0.2, -0.15) is 0 Å².